The molecule has 5 rings (SSSR count). The number of nitrogens with one attached hydrogen (secondary N) is 1. The van der Waals surface area contributed by atoms with Crippen molar-refractivity contribution in [3.63, 3.8) is 0 Å². The van der Waals surface area contributed by atoms with Gasteiger partial charge in [-0.15, -0.1) is 0 Å². The Hall–Kier alpha value is -3.58. The number of ether oxygens (including phenoxy) is 2. The third-order valence-corrected chi connectivity index (χ3v) is 6.51. The number of para-hydroxylation sites is 1. The van der Waals surface area contributed by atoms with E-state index in [0.717, 1.165) is 55.3 Å². The van der Waals surface area contributed by atoms with Gasteiger partial charge in [-0.1, -0.05) is 30.3 Å². The summed E-state index contributed by atoms with van der Waals surface area (Å²) in [6.45, 7) is 7.18. The fraction of sp³-hybridized carbons (Fsp3) is 0.333. The molecule has 1 amide bonds. The van der Waals surface area contributed by atoms with Gasteiger partial charge in [0.25, 0.3) is 5.91 Å². The van der Waals surface area contributed by atoms with Crippen LogP contribution in [0.4, 0.5) is 11.5 Å². The molecule has 3 heterocycles. The molecule has 0 saturated carbocycles. The zero-order valence-corrected chi connectivity index (χ0v) is 19.4. The third kappa shape index (κ3) is 4.84. The lowest BCUT2D eigenvalue weighted by Crippen LogP contribution is -2.50. The second-order valence-corrected chi connectivity index (χ2v) is 8.70. The van der Waals surface area contributed by atoms with E-state index in [-0.39, 0.29) is 5.91 Å². The molecule has 7 heteroatoms. The van der Waals surface area contributed by atoms with Crippen molar-refractivity contribution in [2.75, 3.05) is 49.6 Å². The van der Waals surface area contributed by atoms with E-state index < -0.39 is 0 Å². The lowest BCUT2D eigenvalue weighted by atomic mass is 9.99. The number of nitrogens with zero attached hydrogens (tertiary/aromatic N) is 3. The number of piperazine rings is 1. The van der Waals surface area contributed by atoms with E-state index in [9.17, 15) is 4.79 Å². The van der Waals surface area contributed by atoms with Gasteiger partial charge >= 0.3 is 0 Å². The number of rotatable bonds is 6. The van der Waals surface area contributed by atoms with E-state index in [1.165, 1.54) is 0 Å². The van der Waals surface area contributed by atoms with Crippen molar-refractivity contribution in [2.45, 2.75) is 19.4 Å². The number of hydrogen-bond donors (Lipinski definition) is 1. The van der Waals surface area contributed by atoms with Crippen LogP contribution in [-0.4, -0.2) is 61.2 Å². The number of amides is 1. The monoisotopic (exact) mass is 458 g/mol. The predicted octanol–water partition coefficient (Wildman–Crippen LogP) is 3.86. The number of fused-ring (bicyclic) bond motifs is 1. The first-order valence-corrected chi connectivity index (χ1v) is 11.9. The number of carbonyl (C=O) groups is 1. The van der Waals surface area contributed by atoms with E-state index in [4.69, 9.17) is 9.47 Å². The van der Waals surface area contributed by atoms with Crippen LogP contribution in [0, 0.1) is 0 Å². The van der Waals surface area contributed by atoms with E-state index >= 15 is 0 Å². The maximum atomic E-state index is 12.9. The summed E-state index contributed by atoms with van der Waals surface area (Å²) in [6, 6.07) is 19.8. The average Bonchev–Trinajstić information content (AvgIpc) is 2.89. The van der Waals surface area contributed by atoms with Gasteiger partial charge in [0.2, 0.25) is 0 Å². The summed E-state index contributed by atoms with van der Waals surface area (Å²) < 4.78 is 11.7. The Balaban J connectivity index is 1.22. The van der Waals surface area contributed by atoms with Crippen LogP contribution in [0.3, 0.4) is 0 Å². The second kappa shape index (κ2) is 10.1. The predicted molar refractivity (Wildman–Crippen MR) is 133 cm³/mol. The summed E-state index contributed by atoms with van der Waals surface area (Å²) >= 11 is 0. The lowest BCUT2D eigenvalue weighted by molar-refractivity contribution is 0.102. The zero-order chi connectivity index (χ0) is 23.3. The Morgan fingerprint density at radius 3 is 2.59 bits per heavy atom. The molecule has 2 aromatic carbocycles. The fourth-order valence-electron chi connectivity index (χ4n) is 4.70. The third-order valence-electron chi connectivity index (χ3n) is 6.51. The summed E-state index contributed by atoms with van der Waals surface area (Å²) in [5.74, 6) is 2.13. The SMILES string of the molecule is C[C@@H](Cc1ccccc1C(=O)Nc1ccccn1)N1CCN(c2cccc3c2OCCO3)CC1. The summed E-state index contributed by atoms with van der Waals surface area (Å²) in [6.07, 6.45) is 2.48. The number of carbonyl (C=O) groups excluding carboxylic acids is 1. The van der Waals surface area contributed by atoms with Crippen molar-refractivity contribution in [3.8, 4) is 11.5 Å². The normalized spacial score (nSPS) is 16.7. The second-order valence-electron chi connectivity index (χ2n) is 8.70. The number of pyridine rings is 1. The molecule has 1 fully saturated rings. The smallest absolute Gasteiger partial charge is 0.257 e. The van der Waals surface area contributed by atoms with Crippen LogP contribution in [0.25, 0.3) is 0 Å². The highest BCUT2D eigenvalue weighted by molar-refractivity contribution is 6.04. The first kappa shape index (κ1) is 22.2. The van der Waals surface area contributed by atoms with E-state index in [0.29, 0.717) is 30.6 Å². The fourth-order valence-corrected chi connectivity index (χ4v) is 4.70. The van der Waals surface area contributed by atoms with Crippen molar-refractivity contribution in [1.82, 2.24) is 9.88 Å². The van der Waals surface area contributed by atoms with Crippen molar-refractivity contribution >= 4 is 17.4 Å². The van der Waals surface area contributed by atoms with E-state index in [1.807, 2.05) is 48.5 Å². The Morgan fingerprint density at radius 1 is 0.971 bits per heavy atom. The van der Waals surface area contributed by atoms with Crippen LogP contribution in [0.1, 0.15) is 22.8 Å². The first-order chi connectivity index (χ1) is 16.7. The van der Waals surface area contributed by atoms with Crippen LogP contribution >= 0.6 is 0 Å². The van der Waals surface area contributed by atoms with Gasteiger partial charge in [0.15, 0.2) is 11.5 Å². The van der Waals surface area contributed by atoms with Crippen LogP contribution in [0.2, 0.25) is 0 Å². The topological polar surface area (TPSA) is 66.9 Å². The highest BCUT2D eigenvalue weighted by atomic mass is 16.6. The Kier molecular flexibility index (Phi) is 6.62. The minimum atomic E-state index is -0.123. The van der Waals surface area contributed by atoms with Gasteiger partial charge < -0.3 is 19.7 Å². The lowest BCUT2D eigenvalue weighted by Gasteiger charge is -2.40. The molecule has 1 N–H and O–H groups in total. The highest BCUT2D eigenvalue weighted by Gasteiger charge is 2.26. The molecule has 2 aliphatic heterocycles. The van der Waals surface area contributed by atoms with Crippen molar-refractivity contribution < 1.29 is 14.3 Å². The Morgan fingerprint density at radius 2 is 1.76 bits per heavy atom. The zero-order valence-electron chi connectivity index (χ0n) is 19.4. The van der Waals surface area contributed by atoms with Gasteiger partial charge in [0.05, 0.1) is 5.69 Å². The molecular formula is C27H30N4O3. The molecule has 3 aromatic rings. The molecule has 0 radical (unpaired) electrons. The van der Waals surface area contributed by atoms with Gasteiger partial charge in [0, 0.05) is 44.0 Å². The number of anilines is 2. The quantitative estimate of drug-likeness (QED) is 0.605. The van der Waals surface area contributed by atoms with Crippen LogP contribution in [0.5, 0.6) is 11.5 Å². The first-order valence-electron chi connectivity index (χ1n) is 11.9. The maximum Gasteiger partial charge on any atom is 0.257 e. The molecular weight excluding hydrogens is 428 g/mol. The van der Waals surface area contributed by atoms with Gasteiger partial charge in [-0.3, -0.25) is 9.69 Å². The summed E-state index contributed by atoms with van der Waals surface area (Å²) in [7, 11) is 0. The highest BCUT2D eigenvalue weighted by Crippen LogP contribution is 2.39. The molecule has 0 unspecified atom stereocenters. The minimum Gasteiger partial charge on any atom is -0.486 e. The van der Waals surface area contributed by atoms with Gasteiger partial charge in [-0.05, 0) is 49.2 Å². The average molecular weight is 459 g/mol. The largest absolute Gasteiger partial charge is 0.486 e. The van der Waals surface area contributed by atoms with Gasteiger partial charge in [0.1, 0.15) is 19.0 Å². The minimum absolute atomic E-state index is 0.123. The molecule has 1 atom stereocenters. The molecule has 2 aliphatic rings. The van der Waals surface area contributed by atoms with Crippen LogP contribution in [0.15, 0.2) is 66.9 Å². The summed E-state index contributed by atoms with van der Waals surface area (Å²) in [5.41, 5.74) is 2.86. The Bertz CT molecular complexity index is 1130. The standard InChI is InChI=1S/C27H30N4O3/c1-20(19-21-7-2-3-8-22(21)27(32)29-25-11-4-5-12-28-25)30-13-15-31(16-14-30)23-9-6-10-24-26(23)34-18-17-33-24/h2-12,20H,13-19H2,1H3,(H,28,29,32)/t20-/m0/s1. The molecule has 34 heavy (non-hydrogen) atoms. The van der Waals surface area contributed by atoms with Gasteiger partial charge in [-0.25, -0.2) is 4.98 Å². The number of benzene rings is 2. The van der Waals surface area contributed by atoms with Gasteiger partial charge in [-0.2, -0.15) is 0 Å². The van der Waals surface area contributed by atoms with Crippen molar-refractivity contribution in [3.05, 3.63) is 78.0 Å². The summed E-state index contributed by atoms with van der Waals surface area (Å²) in [4.78, 5) is 22.0. The molecule has 0 spiro atoms. The number of aromatic nitrogens is 1. The van der Waals surface area contributed by atoms with Crippen molar-refractivity contribution in [2.24, 2.45) is 0 Å². The summed E-state index contributed by atoms with van der Waals surface area (Å²) in [5, 5.41) is 2.91. The van der Waals surface area contributed by atoms with E-state index in [1.54, 1.807) is 12.3 Å². The number of hydrogen-bond acceptors (Lipinski definition) is 6. The molecule has 176 valence electrons. The molecule has 0 aliphatic carbocycles. The molecule has 7 nitrogen and oxygen atoms in total. The molecule has 1 aromatic heterocycles. The Labute approximate surface area is 200 Å². The van der Waals surface area contributed by atoms with Crippen molar-refractivity contribution in [1.29, 1.82) is 0 Å². The van der Waals surface area contributed by atoms with Crippen LogP contribution < -0.4 is 19.7 Å². The molecule has 0 bridgehead atoms. The maximum absolute atomic E-state index is 12.9. The van der Waals surface area contributed by atoms with Crippen LogP contribution in [-0.2, 0) is 6.42 Å². The van der Waals surface area contributed by atoms with E-state index in [2.05, 4.69) is 33.1 Å². The molecule has 1 saturated heterocycles.